The lowest BCUT2D eigenvalue weighted by Crippen LogP contribution is -2.26. The molecule has 0 aliphatic heterocycles. The molecule has 0 spiro atoms. The number of para-hydroxylation sites is 2. The van der Waals surface area contributed by atoms with Crippen molar-refractivity contribution in [2.24, 2.45) is 0 Å². The van der Waals surface area contributed by atoms with E-state index >= 15 is 0 Å². The summed E-state index contributed by atoms with van der Waals surface area (Å²) in [5.41, 5.74) is 1.89. The lowest BCUT2D eigenvalue weighted by atomic mass is 10.1. The first kappa shape index (κ1) is 36.0. The second-order valence-electron chi connectivity index (χ2n) is 10.2. The van der Waals surface area contributed by atoms with Crippen molar-refractivity contribution in [3.05, 3.63) is 75.9 Å². The fourth-order valence-electron chi connectivity index (χ4n) is 4.58. The van der Waals surface area contributed by atoms with Crippen LogP contribution in [0.2, 0.25) is 0 Å². The number of aromatic nitrogens is 3. The largest absolute Gasteiger partial charge is 0.497 e. The average molecular weight is 696 g/mol. The summed E-state index contributed by atoms with van der Waals surface area (Å²) in [6.45, 7) is 6.95. The normalized spacial score (nSPS) is 11.4. The zero-order chi connectivity index (χ0) is 34.8. The van der Waals surface area contributed by atoms with E-state index in [1.165, 1.54) is 7.11 Å². The summed E-state index contributed by atoms with van der Waals surface area (Å²) in [6, 6.07) is 14.5. The lowest BCUT2D eigenvalue weighted by Gasteiger charge is -2.16. The number of benzene rings is 2. The fraction of sp³-hybridized carbons (Fsp3) is 0.333. The van der Waals surface area contributed by atoms with Gasteiger partial charge in [0.1, 0.15) is 21.4 Å². The SMILES string of the molecule is CCOC(=O)c1sc(NC(=O)C(C)Sc2nnc(CNC(=O)Cc3ccc(OC)cc3)n2-c2ccccc2OC)c(C(=O)OCC)c1C. The molecule has 0 bridgehead atoms. The molecule has 48 heavy (non-hydrogen) atoms. The zero-order valence-corrected chi connectivity index (χ0v) is 29.1. The first-order valence-corrected chi connectivity index (χ1v) is 16.7. The molecule has 0 saturated heterocycles. The number of thiophene rings is 1. The molecule has 0 saturated carbocycles. The standard InChI is InChI=1S/C33H37N5O8S2/c1-7-45-31(41)27-19(3)28(32(42)46-8-2)48-30(27)35-29(40)20(4)47-33-37-36-25(38(33)23-11-9-10-12-24(23)44-6)18-34-26(39)17-21-13-15-22(43-5)16-14-21/h9-16,20H,7-8,17-18H2,1-6H3,(H,34,39)(H,35,40). The highest BCUT2D eigenvalue weighted by atomic mass is 32.2. The summed E-state index contributed by atoms with van der Waals surface area (Å²) in [7, 11) is 3.12. The molecule has 4 rings (SSSR count). The smallest absolute Gasteiger partial charge is 0.348 e. The van der Waals surface area contributed by atoms with Gasteiger partial charge in [-0.25, -0.2) is 9.59 Å². The monoisotopic (exact) mass is 695 g/mol. The van der Waals surface area contributed by atoms with Crippen LogP contribution in [-0.2, 0) is 32.0 Å². The van der Waals surface area contributed by atoms with Crippen molar-refractivity contribution in [2.45, 2.75) is 51.1 Å². The van der Waals surface area contributed by atoms with Crippen LogP contribution in [-0.4, -0.2) is 71.2 Å². The van der Waals surface area contributed by atoms with E-state index in [4.69, 9.17) is 18.9 Å². The Hall–Kier alpha value is -4.89. The number of methoxy groups -OCH3 is 2. The molecule has 1 atom stereocenters. The molecular formula is C33H37N5O8S2. The molecular weight excluding hydrogens is 659 g/mol. The molecule has 4 aromatic rings. The summed E-state index contributed by atoms with van der Waals surface area (Å²) >= 11 is 2.06. The maximum Gasteiger partial charge on any atom is 0.348 e. The van der Waals surface area contributed by atoms with Crippen molar-refractivity contribution < 1.29 is 38.1 Å². The van der Waals surface area contributed by atoms with Gasteiger partial charge >= 0.3 is 11.9 Å². The van der Waals surface area contributed by atoms with E-state index in [0.717, 1.165) is 28.7 Å². The Balaban J connectivity index is 1.57. The van der Waals surface area contributed by atoms with E-state index in [-0.39, 0.29) is 47.5 Å². The minimum atomic E-state index is -0.747. The van der Waals surface area contributed by atoms with E-state index in [2.05, 4.69) is 20.8 Å². The summed E-state index contributed by atoms with van der Waals surface area (Å²) < 4.78 is 22.8. The highest BCUT2D eigenvalue weighted by molar-refractivity contribution is 8.00. The number of nitrogens with zero attached hydrogens (tertiary/aromatic N) is 3. The Bertz CT molecular complexity index is 1770. The summed E-state index contributed by atoms with van der Waals surface area (Å²) in [5, 5.41) is 14.2. The van der Waals surface area contributed by atoms with Crippen molar-refractivity contribution in [3.8, 4) is 17.2 Å². The average Bonchev–Trinajstić information content (AvgIpc) is 3.63. The van der Waals surface area contributed by atoms with Gasteiger partial charge in [0.2, 0.25) is 11.8 Å². The number of carbonyl (C=O) groups is 4. The van der Waals surface area contributed by atoms with Crippen molar-refractivity contribution >= 4 is 51.9 Å². The highest BCUT2D eigenvalue weighted by Gasteiger charge is 2.29. The quantitative estimate of drug-likeness (QED) is 0.127. The number of rotatable bonds is 15. The molecule has 2 amide bonds. The number of carbonyl (C=O) groups excluding carboxylic acids is 4. The van der Waals surface area contributed by atoms with Crippen molar-refractivity contribution in [3.63, 3.8) is 0 Å². The van der Waals surface area contributed by atoms with Gasteiger partial charge in [0, 0.05) is 0 Å². The maximum absolute atomic E-state index is 13.5. The van der Waals surface area contributed by atoms with Gasteiger partial charge in [0.15, 0.2) is 11.0 Å². The van der Waals surface area contributed by atoms with Gasteiger partial charge in [0.05, 0.1) is 56.9 Å². The number of esters is 2. The predicted molar refractivity (Wildman–Crippen MR) is 181 cm³/mol. The molecule has 0 fully saturated rings. The van der Waals surface area contributed by atoms with Gasteiger partial charge in [0.25, 0.3) is 0 Å². The van der Waals surface area contributed by atoms with Crippen LogP contribution >= 0.6 is 23.1 Å². The number of nitrogens with one attached hydrogen (secondary N) is 2. The van der Waals surface area contributed by atoms with Gasteiger partial charge in [-0.2, -0.15) is 0 Å². The fourth-order valence-corrected chi connectivity index (χ4v) is 6.55. The summed E-state index contributed by atoms with van der Waals surface area (Å²) in [6.07, 6.45) is 0.152. The number of anilines is 1. The minimum Gasteiger partial charge on any atom is -0.497 e. The Labute approximate surface area is 286 Å². The Morgan fingerprint density at radius 3 is 2.29 bits per heavy atom. The molecule has 0 aliphatic rings. The van der Waals surface area contributed by atoms with E-state index < -0.39 is 23.1 Å². The topological polar surface area (TPSA) is 160 Å². The van der Waals surface area contributed by atoms with Crippen LogP contribution in [0.1, 0.15) is 57.8 Å². The molecule has 2 N–H and O–H groups in total. The van der Waals surface area contributed by atoms with Gasteiger partial charge < -0.3 is 29.6 Å². The van der Waals surface area contributed by atoms with Crippen LogP contribution in [0.3, 0.4) is 0 Å². The molecule has 2 aromatic heterocycles. The van der Waals surface area contributed by atoms with Crippen molar-refractivity contribution in [2.75, 3.05) is 32.8 Å². The van der Waals surface area contributed by atoms with Crippen LogP contribution < -0.4 is 20.1 Å². The molecule has 254 valence electrons. The number of ether oxygens (including phenoxy) is 4. The van der Waals surface area contributed by atoms with E-state index in [9.17, 15) is 19.2 Å². The van der Waals surface area contributed by atoms with Crippen LogP contribution in [0.25, 0.3) is 5.69 Å². The molecule has 2 aromatic carbocycles. The number of hydrogen-bond donors (Lipinski definition) is 2. The summed E-state index contributed by atoms with van der Waals surface area (Å²) in [5.74, 6) is -0.289. The van der Waals surface area contributed by atoms with Crippen molar-refractivity contribution in [1.82, 2.24) is 20.1 Å². The van der Waals surface area contributed by atoms with Crippen LogP contribution in [0.4, 0.5) is 5.00 Å². The molecule has 15 heteroatoms. The van der Waals surface area contributed by atoms with E-state index in [1.54, 1.807) is 57.6 Å². The van der Waals surface area contributed by atoms with Gasteiger partial charge in [-0.3, -0.25) is 14.2 Å². The van der Waals surface area contributed by atoms with Crippen molar-refractivity contribution in [1.29, 1.82) is 0 Å². The third-order valence-electron chi connectivity index (χ3n) is 6.97. The molecule has 0 radical (unpaired) electrons. The Kier molecular flexibility index (Phi) is 12.6. The Morgan fingerprint density at radius 1 is 0.938 bits per heavy atom. The molecule has 2 heterocycles. The van der Waals surface area contributed by atoms with E-state index in [1.807, 2.05) is 30.3 Å². The second-order valence-corrected chi connectivity index (χ2v) is 12.5. The number of thioether (sulfide) groups is 1. The first-order chi connectivity index (χ1) is 23.1. The molecule has 13 nitrogen and oxygen atoms in total. The van der Waals surface area contributed by atoms with Gasteiger partial charge in [-0.05, 0) is 63.1 Å². The van der Waals surface area contributed by atoms with Crippen LogP contribution in [0.15, 0.2) is 53.7 Å². The highest BCUT2D eigenvalue weighted by Crippen LogP contribution is 2.36. The number of hydrogen-bond acceptors (Lipinski definition) is 12. The third kappa shape index (κ3) is 8.52. The van der Waals surface area contributed by atoms with Gasteiger partial charge in [-0.15, -0.1) is 21.5 Å². The molecule has 0 aliphatic carbocycles. The lowest BCUT2D eigenvalue weighted by molar-refractivity contribution is -0.120. The maximum atomic E-state index is 13.5. The summed E-state index contributed by atoms with van der Waals surface area (Å²) in [4.78, 5) is 52.0. The van der Waals surface area contributed by atoms with E-state index in [0.29, 0.717) is 33.7 Å². The third-order valence-corrected chi connectivity index (χ3v) is 9.20. The molecule has 1 unspecified atom stereocenters. The number of amides is 2. The first-order valence-electron chi connectivity index (χ1n) is 15.0. The minimum absolute atomic E-state index is 0.0508. The zero-order valence-electron chi connectivity index (χ0n) is 27.4. The van der Waals surface area contributed by atoms with Gasteiger partial charge in [-0.1, -0.05) is 36.0 Å². The Morgan fingerprint density at radius 2 is 1.62 bits per heavy atom. The second kappa shape index (κ2) is 16.8. The van der Waals surface area contributed by atoms with Crippen LogP contribution in [0.5, 0.6) is 11.5 Å². The van der Waals surface area contributed by atoms with Crippen LogP contribution in [0, 0.1) is 6.92 Å². The predicted octanol–water partition coefficient (Wildman–Crippen LogP) is 4.99.